The van der Waals surface area contributed by atoms with Gasteiger partial charge in [0.05, 0.1) is 17.6 Å². The Kier molecular flexibility index (Phi) is 5.42. The predicted octanol–water partition coefficient (Wildman–Crippen LogP) is 4.18. The lowest BCUT2D eigenvalue weighted by atomic mass is 9.77. The van der Waals surface area contributed by atoms with E-state index in [9.17, 15) is 14.3 Å². The first-order valence-electron chi connectivity index (χ1n) is 9.24. The molecule has 1 amide bonds. The van der Waals surface area contributed by atoms with Gasteiger partial charge in [0.2, 0.25) is 5.91 Å². The van der Waals surface area contributed by atoms with Gasteiger partial charge < -0.3 is 10.4 Å². The fraction of sp³-hybridized carbons (Fsp3) is 0.409. The highest BCUT2D eigenvalue weighted by Crippen LogP contribution is 2.42. The van der Waals surface area contributed by atoms with Crippen LogP contribution in [0.4, 0.5) is 4.39 Å². The summed E-state index contributed by atoms with van der Waals surface area (Å²) in [5.41, 5.74) is 2.10. The molecule has 3 nitrogen and oxygen atoms in total. The van der Waals surface area contributed by atoms with Crippen molar-refractivity contribution in [2.24, 2.45) is 0 Å². The van der Waals surface area contributed by atoms with Crippen LogP contribution >= 0.6 is 0 Å². The standard InChI is InChI=1S/C22H26FNO2/c1-15-7-5-9-18(13-15)22(11-3-4-12-22)21(26)24-16(2)20(25)17-8-6-10-19(23)14-17/h5-10,13-14,16,20,25H,3-4,11-12H2,1-2H3,(H,24,26)/t16-,20+/m0/s1. The molecule has 0 spiro atoms. The van der Waals surface area contributed by atoms with Crippen LogP contribution < -0.4 is 5.32 Å². The van der Waals surface area contributed by atoms with Crippen molar-refractivity contribution in [2.45, 2.75) is 57.1 Å². The fourth-order valence-corrected chi connectivity index (χ4v) is 3.97. The number of hydrogen-bond donors (Lipinski definition) is 2. The summed E-state index contributed by atoms with van der Waals surface area (Å²) in [6.45, 7) is 3.78. The Morgan fingerprint density at radius 2 is 1.85 bits per heavy atom. The molecular weight excluding hydrogens is 329 g/mol. The lowest BCUT2D eigenvalue weighted by Gasteiger charge is -2.31. The van der Waals surface area contributed by atoms with Gasteiger partial charge in [-0.05, 0) is 49.9 Å². The summed E-state index contributed by atoms with van der Waals surface area (Å²) in [6, 6.07) is 13.5. The summed E-state index contributed by atoms with van der Waals surface area (Å²) in [5.74, 6) is -0.448. The van der Waals surface area contributed by atoms with E-state index >= 15 is 0 Å². The van der Waals surface area contributed by atoms with E-state index in [0.717, 1.165) is 36.8 Å². The summed E-state index contributed by atoms with van der Waals surface area (Å²) >= 11 is 0. The number of aliphatic hydroxyl groups excluding tert-OH is 1. The van der Waals surface area contributed by atoms with E-state index in [0.29, 0.717) is 5.56 Å². The van der Waals surface area contributed by atoms with E-state index < -0.39 is 23.4 Å². The molecule has 2 N–H and O–H groups in total. The fourth-order valence-electron chi connectivity index (χ4n) is 3.97. The van der Waals surface area contributed by atoms with E-state index in [4.69, 9.17) is 0 Å². The number of benzene rings is 2. The molecule has 2 aromatic carbocycles. The third-order valence-corrected chi connectivity index (χ3v) is 5.48. The van der Waals surface area contributed by atoms with Gasteiger partial charge >= 0.3 is 0 Å². The van der Waals surface area contributed by atoms with E-state index in [2.05, 4.69) is 11.4 Å². The second kappa shape index (κ2) is 7.58. The van der Waals surface area contributed by atoms with Crippen LogP contribution in [0.3, 0.4) is 0 Å². The molecule has 2 aromatic rings. The van der Waals surface area contributed by atoms with Crippen molar-refractivity contribution in [1.82, 2.24) is 5.32 Å². The highest BCUT2D eigenvalue weighted by atomic mass is 19.1. The molecule has 0 heterocycles. The molecule has 1 aliphatic rings. The van der Waals surface area contributed by atoms with E-state index in [1.807, 2.05) is 25.1 Å². The number of halogens is 1. The molecule has 1 saturated carbocycles. The quantitative estimate of drug-likeness (QED) is 0.845. The predicted molar refractivity (Wildman–Crippen MR) is 100 cm³/mol. The number of aryl methyl sites for hydroxylation is 1. The van der Waals surface area contributed by atoms with E-state index in [-0.39, 0.29) is 5.91 Å². The van der Waals surface area contributed by atoms with Gasteiger partial charge in [-0.2, -0.15) is 0 Å². The molecule has 0 aromatic heterocycles. The molecule has 1 aliphatic carbocycles. The van der Waals surface area contributed by atoms with Crippen molar-refractivity contribution in [2.75, 3.05) is 0 Å². The molecule has 0 unspecified atom stereocenters. The molecule has 0 radical (unpaired) electrons. The third kappa shape index (κ3) is 3.65. The van der Waals surface area contributed by atoms with Crippen LogP contribution in [0.1, 0.15) is 55.4 Å². The molecule has 2 atom stereocenters. The Bertz CT molecular complexity index is 783. The largest absolute Gasteiger partial charge is 0.386 e. The normalized spacial score (nSPS) is 18.3. The van der Waals surface area contributed by atoms with Crippen molar-refractivity contribution >= 4 is 5.91 Å². The summed E-state index contributed by atoms with van der Waals surface area (Å²) in [7, 11) is 0. The number of aliphatic hydroxyl groups is 1. The van der Waals surface area contributed by atoms with Crippen LogP contribution in [-0.2, 0) is 10.2 Å². The first kappa shape index (κ1) is 18.6. The molecule has 1 fully saturated rings. The summed E-state index contributed by atoms with van der Waals surface area (Å²) in [6.07, 6.45) is 2.70. The number of carbonyl (C=O) groups is 1. The minimum absolute atomic E-state index is 0.0523. The molecule has 0 saturated heterocycles. The maximum Gasteiger partial charge on any atom is 0.230 e. The number of hydrogen-bond acceptors (Lipinski definition) is 2. The SMILES string of the molecule is Cc1cccc(C2(C(=O)N[C@@H](C)[C@@H](O)c3cccc(F)c3)CCCC2)c1. The zero-order valence-electron chi connectivity index (χ0n) is 15.3. The van der Waals surface area contributed by atoms with Gasteiger partial charge in [0.1, 0.15) is 5.82 Å². The van der Waals surface area contributed by atoms with E-state index in [1.54, 1.807) is 19.1 Å². The van der Waals surface area contributed by atoms with Crippen LogP contribution in [0.25, 0.3) is 0 Å². The van der Waals surface area contributed by atoms with E-state index in [1.165, 1.54) is 12.1 Å². The maximum atomic E-state index is 13.4. The molecular formula is C22H26FNO2. The number of nitrogens with one attached hydrogen (secondary N) is 1. The van der Waals surface area contributed by atoms with Crippen molar-refractivity contribution in [1.29, 1.82) is 0 Å². The molecule has 0 aliphatic heterocycles. The van der Waals surface area contributed by atoms with Crippen LogP contribution in [0.2, 0.25) is 0 Å². The molecule has 26 heavy (non-hydrogen) atoms. The van der Waals surface area contributed by atoms with Crippen LogP contribution in [0.5, 0.6) is 0 Å². The minimum Gasteiger partial charge on any atom is -0.386 e. The van der Waals surface area contributed by atoms with Gasteiger partial charge in [0, 0.05) is 0 Å². The number of rotatable bonds is 5. The van der Waals surface area contributed by atoms with Gasteiger partial charge in [0.25, 0.3) is 0 Å². The Morgan fingerprint density at radius 1 is 1.15 bits per heavy atom. The Hall–Kier alpha value is -2.20. The lowest BCUT2D eigenvalue weighted by molar-refractivity contribution is -0.128. The van der Waals surface area contributed by atoms with Crippen LogP contribution in [-0.4, -0.2) is 17.1 Å². The average Bonchev–Trinajstić information content (AvgIpc) is 3.12. The Morgan fingerprint density at radius 3 is 2.50 bits per heavy atom. The molecule has 3 rings (SSSR count). The smallest absolute Gasteiger partial charge is 0.230 e. The summed E-state index contributed by atoms with van der Waals surface area (Å²) in [4.78, 5) is 13.2. The molecule has 0 bridgehead atoms. The third-order valence-electron chi connectivity index (χ3n) is 5.48. The first-order chi connectivity index (χ1) is 12.4. The van der Waals surface area contributed by atoms with Crippen molar-refractivity contribution < 1.29 is 14.3 Å². The van der Waals surface area contributed by atoms with Gasteiger partial charge in [0.15, 0.2) is 0 Å². The van der Waals surface area contributed by atoms with Gasteiger partial charge in [-0.15, -0.1) is 0 Å². The monoisotopic (exact) mass is 355 g/mol. The van der Waals surface area contributed by atoms with Gasteiger partial charge in [-0.3, -0.25) is 4.79 Å². The maximum absolute atomic E-state index is 13.4. The Balaban J connectivity index is 1.80. The lowest BCUT2D eigenvalue weighted by Crippen LogP contribution is -2.47. The van der Waals surface area contributed by atoms with Crippen LogP contribution in [0, 0.1) is 12.7 Å². The highest BCUT2D eigenvalue weighted by Gasteiger charge is 2.43. The topological polar surface area (TPSA) is 49.3 Å². The zero-order chi connectivity index (χ0) is 18.7. The second-order valence-electron chi connectivity index (χ2n) is 7.42. The van der Waals surface area contributed by atoms with Crippen LogP contribution in [0.15, 0.2) is 48.5 Å². The van der Waals surface area contributed by atoms with Gasteiger partial charge in [-0.25, -0.2) is 4.39 Å². The number of amides is 1. The summed E-state index contributed by atoms with van der Waals surface area (Å²) in [5, 5.41) is 13.5. The highest BCUT2D eigenvalue weighted by molar-refractivity contribution is 5.89. The molecule has 138 valence electrons. The first-order valence-corrected chi connectivity index (χ1v) is 9.24. The van der Waals surface area contributed by atoms with Crippen molar-refractivity contribution in [3.05, 3.63) is 71.0 Å². The Labute approximate surface area is 154 Å². The average molecular weight is 355 g/mol. The van der Waals surface area contributed by atoms with Crippen molar-refractivity contribution in [3.63, 3.8) is 0 Å². The second-order valence-corrected chi connectivity index (χ2v) is 7.42. The molecule has 4 heteroatoms. The van der Waals surface area contributed by atoms with Crippen molar-refractivity contribution in [3.8, 4) is 0 Å². The summed E-state index contributed by atoms with van der Waals surface area (Å²) < 4.78 is 13.4. The minimum atomic E-state index is -0.953. The number of carbonyl (C=O) groups excluding carboxylic acids is 1. The zero-order valence-corrected chi connectivity index (χ0v) is 15.3. The van der Waals surface area contributed by atoms with Gasteiger partial charge in [-0.1, -0.05) is 54.8 Å².